The molecule has 0 aromatic carbocycles. The summed E-state index contributed by atoms with van der Waals surface area (Å²) in [7, 11) is 0. The van der Waals surface area contributed by atoms with Gasteiger partial charge in [-0.05, 0) is 38.1 Å². The van der Waals surface area contributed by atoms with Crippen LogP contribution < -0.4 is 5.32 Å². The standard InChI is InChI=1S/C9H17N/c1-2-6-9-8(4-1)5-3-7-10-9/h8-10H,1-7H2/t8-,9?/m1/s1. The second kappa shape index (κ2) is 2.91. The summed E-state index contributed by atoms with van der Waals surface area (Å²) in [5.74, 6) is 1.04. The molecule has 1 heterocycles. The number of hydrogen-bond acceptors (Lipinski definition) is 1. The Morgan fingerprint density at radius 1 is 0.900 bits per heavy atom. The van der Waals surface area contributed by atoms with E-state index in [2.05, 4.69) is 5.32 Å². The van der Waals surface area contributed by atoms with Crippen LogP contribution in [0.1, 0.15) is 38.5 Å². The van der Waals surface area contributed by atoms with Crippen molar-refractivity contribution in [2.75, 3.05) is 6.54 Å². The van der Waals surface area contributed by atoms with Crippen LogP contribution in [0.5, 0.6) is 0 Å². The van der Waals surface area contributed by atoms with Gasteiger partial charge < -0.3 is 5.32 Å². The predicted molar refractivity (Wildman–Crippen MR) is 43.0 cm³/mol. The molecule has 10 heavy (non-hydrogen) atoms. The first-order valence-electron chi connectivity index (χ1n) is 4.70. The SMILES string of the molecule is C1CC[C@@H]2CCCNC2C1. The summed E-state index contributed by atoms with van der Waals surface area (Å²) in [4.78, 5) is 0. The fourth-order valence-corrected chi connectivity index (χ4v) is 2.47. The minimum absolute atomic E-state index is 0.905. The van der Waals surface area contributed by atoms with Crippen molar-refractivity contribution in [3.63, 3.8) is 0 Å². The summed E-state index contributed by atoms with van der Waals surface area (Å²) in [6.07, 6.45) is 8.82. The Bertz CT molecular complexity index is 85.3. The van der Waals surface area contributed by atoms with Crippen molar-refractivity contribution >= 4 is 0 Å². The van der Waals surface area contributed by atoms with E-state index in [1.165, 1.54) is 45.1 Å². The fraction of sp³-hybridized carbons (Fsp3) is 1.00. The largest absolute Gasteiger partial charge is 0.314 e. The van der Waals surface area contributed by atoms with Gasteiger partial charge in [0, 0.05) is 6.04 Å². The molecule has 2 atom stereocenters. The van der Waals surface area contributed by atoms with Crippen molar-refractivity contribution < 1.29 is 0 Å². The van der Waals surface area contributed by atoms with Crippen LogP contribution in [-0.2, 0) is 0 Å². The number of piperidine rings is 1. The summed E-state index contributed by atoms with van der Waals surface area (Å²) in [5.41, 5.74) is 0. The molecule has 1 nitrogen and oxygen atoms in total. The van der Waals surface area contributed by atoms with E-state index >= 15 is 0 Å². The van der Waals surface area contributed by atoms with Crippen molar-refractivity contribution in [1.29, 1.82) is 0 Å². The number of fused-ring (bicyclic) bond motifs is 1. The highest BCUT2D eigenvalue weighted by atomic mass is 14.9. The lowest BCUT2D eigenvalue weighted by atomic mass is 9.80. The van der Waals surface area contributed by atoms with E-state index in [1.807, 2.05) is 0 Å². The molecule has 58 valence electrons. The molecule has 0 amide bonds. The van der Waals surface area contributed by atoms with Crippen molar-refractivity contribution in [2.45, 2.75) is 44.6 Å². The summed E-state index contributed by atoms with van der Waals surface area (Å²) in [6.45, 7) is 1.28. The van der Waals surface area contributed by atoms with Gasteiger partial charge in [-0.2, -0.15) is 0 Å². The van der Waals surface area contributed by atoms with Gasteiger partial charge in [0.1, 0.15) is 0 Å². The Morgan fingerprint density at radius 2 is 1.70 bits per heavy atom. The number of rotatable bonds is 0. The van der Waals surface area contributed by atoms with Crippen LogP contribution in [0.25, 0.3) is 0 Å². The molecule has 0 aromatic heterocycles. The van der Waals surface area contributed by atoms with Crippen molar-refractivity contribution in [3.8, 4) is 0 Å². The zero-order valence-corrected chi connectivity index (χ0v) is 6.60. The van der Waals surface area contributed by atoms with E-state index in [1.54, 1.807) is 0 Å². The third-order valence-corrected chi connectivity index (χ3v) is 3.07. The normalized spacial score (nSPS) is 40.8. The van der Waals surface area contributed by atoms with Gasteiger partial charge in [0.2, 0.25) is 0 Å². The maximum Gasteiger partial charge on any atom is 0.00953 e. The second-order valence-electron chi connectivity index (χ2n) is 3.75. The van der Waals surface area contributed by atoms with E-state index in [0.717, 1.165) is 12.0 Å². The Hall–Kier alpha value is -0.0400. The van der Waals surface area contributed by atoms with Crippen molar-refractivity contribution in [1.82, 2.24) is 5.32 Å². The third-order valence-electron chi connectivity index (χ3n) is 3.07. The molecular weight excluding hydrogens is 122 g/mol. The smallest absolute Gasteiger partial charge is 0.00953 e. The first kappa shape index (κ1) is 6.66. The Labute approximate surface area is 63.2 Å². The maximum absolute atomic E-state index is 3.62. The highest BCUT2D eigenvalue weighted by Gasteiger charge is 2.26. The summed E-state index contributed by atoms with van der Waals surface area (Å²) in [5, 5.41) is 3.62. The number of hydrogen-bond donors (Lipinski definition) is 1. The summed E-state index contributed by atoms with van der Waals surface area (Å²) in [6, 6.07) is 0.905. The van der Waals surface area contributed by atoms with Crippen molar-refractivity contribution in [3.05, 3.63) is 0 Å². The first-order valence-corrected chi connectivity index (χ1v) is 4.70. The van der Waals surface area contributed by atoms with Gasteiger partial charge in [-0.3, -0.25) is 0 Å². The molecule has 0 bridgehead atoms. The van der Waals surface area contributed by atoms with E-state index in [0.29, 0.717) is 0 Å². The Balaban J connectivity index is 1.93. The molecule has 1 aliphatic carbocycles. The maximum atomic E-state index is 3.62. The molecular formula is C9H17N. The molecule has 1 aliphatic heterocycles. The topological polar surface area (TPSA) is 12.0 Å². The zero-order valence-electron chi connectivity index (χ0n) is 6.60. The van der Waals surface area contributed by atoms with Gasteiger partial charge in [-0.1, -0.05) is 12.8 Å². The fourth-order valence-electron chi connectivity index (χ4n) is 2.47. The number of nitrogens with one attached hydrogen (secondary N) is 1. The molecule has 0 radical (unpaired) electrons. The van der Waals surface area contributed by atoms with Gasteiger partial charge in [0.05, 0.1) is 0 Å². The van der Waals surface area contributed by atoms with Gasteiger partial charge >= 0.3 is 0 Å². The van der Waals surface area contributed by atoms with Crippen LogP contribution in [0, 0.1) is 5.92 Å². The molecule has 2 rings (SSSR count). The lowest BCUT2D eigenvalue weighted by molar-refractivity contribution is 0.212. The quantitative estimate of drug-likeness (QED) is 0.540. The second-order valence-corrected chi connectivity index (χ2v) is 3.75. The minimum atomic E-state index is 0.905. The Morgan fingerprint density at radius 3 is 2.60 bits per heavy atom. The Kier molecular flexibility index (Phi) is 1.94. The van der Waals surface area contributed by atoms with Gasteiger partial charge in [-0.15, -0.1) is 0 Å². The van der Waals surface area contributed by atoms with Gasteiger partial charge in [0.25, 0.3) is 0 Å². The van der Waals surface area contributed by atoms with Gasteiger partial charge in [-0.25, -0.2) is 0 Å². The minimum Gasteiger partial charge on any atom is -0.314 e. The van der Waals surface area contributed by atoms with Crippen LogP contribution in [0.3, 0.4) is 0 Å². The van der Waals surface area contributed by atoms with E-state index in [9.17, 15) is 0 Å². The molecule has 0 spiro atoms. The molecule has 0 aromatic rings. The van der Waals surface area contributed by atoms with Crippen molar-refractivity contribution in [2.24, 2.45) is 5.92 Å². The first-order chi connectivity index (χ1) is 4.97. The average molecular weight is 139 g/mol. The third kappa shape index (κ3) is 1.20. The van der Waals surface area contributed by atoms with Crippen LogP contribution in [-0.4, -0.2) is 12.6 Å². The van der Waals surface area contributed by atoms with E-state index < -0.39 is 0 Å². The van der Waals surface area contributed by atoms with Crippen LogP contribution in [0.2, 0.25) is 0 Å². The highest BCUT2D eigenvalue weighted by Crippen LogP contribution is 2.29. The summed E-state index contributed by atoms with van der Waals surface area (Å²) < 4.78 is 0. The molecule has 1 heteroatoms. The lowest BCUT2D eigenvalue weighted by Crippen LogP contribution is -2.42. The zero-order chi connectivity index (χ0) is 6.81. The molecule has 1 saturated heterocycles. The van der Waals surface area contributed by atoms with E-state index in [4.69, 9.17) is 0 Å². The van der Waals surface area contributed by atoms with Crippen LogP contribution in [0.4, 0.5) is 0 Å². The monoisotopic (exact) mass is 139 g/mol. The lowest BCUT2D eigenvalue weighted by Gasteiger charge is -2.36. The highest BCUT2D eigenvalue weighted by molar-refractivity contribution is 4.84. The van der Waals surface area contributed by atoms with Crippen LogP contribution in [0.15, 0.2) is 0 Å². The molecule has 2 fully saturated rings. The van der Waals surface area contributed by atoms with Gasteiger partial charge in [0.15, 0.2) is 0 Å². The van der Waals surface area contributed by atoms with Crippen LogP contribution >= 0.6 is 0 Å². The summed E-state index contributed by atoms with van der Waals surface area (Å²) >= 11 is 0. The predicted octanol–water partition coefficient (Wildman–Crippen LogP) is 1.93. The molecule has 1 unspecified atom stereocenters. The molecule has 1 N–H and O–H groups in total. The van der Waals surface area contributed by atoms with E-state index in [-0.39, 0.29) is 0 Å². The average Bonchev–Trinajstić information content (AvgIpc) is 2.05. The molecule has 2 aliphatic rings. The molecule has 1 saturated carbocycles.